The first-order chi connectivity index (χ1) is 16.6. The van der Waals surface area contributed by atoms with E-state index in [4.69, 9.17) is 4.98 Å². The SMILES string of the molecule is CN(C)c1cncc(-c2cnc3[nH]nc(-c4nc5c(-c6ccc(F)cc6)cncc5[nH]4)c3c2)c1. The fourth-order valence-electron chi connectivity index (χ4n) is 3.96. The van der Waals surface area contributed by atoms with Crippen molar-refractivity contribution in [2.45, 2.75) is 0 Å². The molecule has 6 rings (SSSR count). The number of anilines is 1. The second-order valence-corrected chi connectivity index (χ2v) is 8.19. The van der Waals surface area contributed by atoms with Gasteiger partial charge in [0.15, 0.2) is 11.5 Å². The predicted molar refractivity (Wildman–Crippen MR) is 130 cm³/mol. The Morgan fingerprint density at radius 2 is 1.65 bits per heavy atom. The second-order valence-electron chi connectivity index (χ2n) is 8.19. The summed E-state index contributed by atoms with van der Waals surface area (Å²) in [5, 5.41) is 8.31. The number of H-pyrrole nitrogens is 2. The highest BCUT2D eigenvalue weighted by Crippen LogP contribution is 2.32. The second kappa shape index (κ2) is 7.73. The van der Waals surface area contributed by atoms with E-state index in [-0.39, 0.29) is 5.82 Å². The number of benzene rings is 1. The Bertz CT molecular complexity index is 1650. The first kappa shape index (κ1) is 20.0. The van der Waals surface area contributed by atoms with Crippen LogP contribution in [0.2, 0.25) is 0 Å². The van der Waals surface area contributed by atoms with Crippen LogP contribution in [0.4, 0.5) is 10.1 Å². The summed E-state index contributed by atoms with van der Waals surface area (Å²) >= 11 is 0. The molecule has 8 nitrogen and oxygen atoms in total. The molecule has 0 spiro atoms. The molecule has 5 aromatic heterocycles. The molecule has 0 amide bonds. The van der Waals surface area contributed by atoms with Gasteiger partial charge in [-0.25, -0.2) is 14.4 Å². The maximum absolute atomic E-state index is 13.4. The van der Waals surface area contributed by atoms with Gasteiger partial charge in [0.05, 0.1) is 34.5 Å². The minimum absolute atomic E-state index is 0.288. The zero-order valence-electron chi connectivity index (χ0n) is 18.4. The number of hydrogen-bond donors (Lipinski definition) is 2. The molecule has 0 saturated carbocycles. The molecule has 9 heteroatoms. The number of rotatable bonds is 4. The van der Waals surface area contributed by atoms with Crippen LogP contribution in [0.15, 0.2) is 67.4 Å². The predicted octanol–water partition coefficient (Wildman–Crippen LogP) is 4.83. The quantitative estimate of drug-likeness (QED) is 0.399. The molecule has 0 saturated heterocycles. The Kier molecular flexibility index (Phi) is 4.54. The highest BCUT2D eigenvalue weighted by atomic mass is 19.1. The lowest BCUT2D eigenvalue weighted by molar-refractivity contribution is 0.628. The largest absolute Gasteiger partial charge is 0.376 e. The number of imidazole rings is 1. The van der Waals surface area contributed by atoms with Gasteiger partial charge in [-0.05, 0) is 29.8 Å². The van der Waals surface area contributed by atoms with Crippen molar-refractivity contribution in [2.75, 3.05) is 19.0 Å². The number of halogens is 1. The van der Waals surface area contributed by atoms with Gasteiger partial charge in [0.1, 0.15) is 11.5 Å². The molecular formula is C25H19FN8. The smallest absolute Gasteiger partial charge is 0.159 e. The van der Waals surface area contributed by atoms with Crippen LogP contribution in [0.5, 0.6) is 0 Å². The van der Waals surface area contributed by atoms with Crippen LogP contribution in [0, 0.1) is 5.82 Å². The van der Waals surface area contributed by atoms with Gasteiger partial charge in [-0.2, -0.15) is 5.10 Å². The maximum atomic E-state index is 13.4. The van der Waals surface area contributed by atoms with Crippen LogP contribution in [-0.4, -0.2) is 49.2 Å². The third-order valence-corrected chi connectivity index (χ3v) is 5.76. The van der Waals surface area contributed by atoms with Gasteiger partial charge in [-0.1, -0.05) is 12.1 Å². The first-order valence-electron chi connectivity index (χ1n) is 10.6. The van der Waals surface area contributed by atoms with Crippen molar-refractivity contribution in [1.82, 2.24) is 35.1 Å². The van der Waals surface area contributed by atoms with E-state index in [0.717, 1.165) is 44.4 Å². The number of nitrogens with one attached hydrogen (secondary N) is 2. The van der Waals surface area contributed by atoms with Gasteiger partial charge < -0.3 is 9.88 Å². The molecule has 0 aliphatic rings. The van der Waals surface area contributed by atoms with Crippen LogP contribution in [0.3, 0.4) is 0 Å². The molecule has 0 atom stereocenters. The highest BCUT2D eigenvalue weighted by molar-refractivity contribution is 5.96. The summed E-state index contributed by atoms with van der Waals surface area (Å²) in [5.74, 6) is 0.306. The molecule has 2 N–H and O–H groups in total. The third kappa shape index (κ3) is 3.34. The van der Waals surface area contributed by atoms with Gasteiger partial charge in [0.2, 0.25) is 0 Å². The van der Waals surface area contributed by atoms with Crippen molar-refractivity contribution >= 4 is 27.8 Å². The molecule has 0 aliphatic heterocycles. The van der Waals surface area contributed by atoms with E-state index in [0.29, 0.717) is 17.2 Å². The van der Waals surface area contributed by atoms with E-state index in [1.807, 2.05) is 37.5 Å². The fraction of sp³-hybridized carbons (Fsp3) is 0.0800. The zero-order valence-corrected chi connectivity index (χ0v) is 18.4. The molecule has 1 aromatic carbocycles. The molecule has 0 unspecified atom stereocenters. The van der Waals surface area contributed by atoms with Gasteiger partial charge in [-0.15, -0.1) is 0 Å². The average Bonchev–Trinajstić information content (AvgIpc) is 3.48. The number of pyridine rings is 3. The molecule has 0 aliphatic carbocycles. The fourth-order valence-corrected chi connectivity index (χ4v) is 3.96. The van der Waals surface area contributed by atoms with Crippen LogP contribution >= 0.6 is 0 Å². The molecular weight excluding hydrogens is 431 g/mol. The van der Waals surface area contributed by atoms with Crippen molar-refractivity contribution in [2.24, 2.45) is 0 Å². The van der Waals surface area contributed by atoms with E-state index in [1.165, 1.54) is 12.1 Å². The molecule has 0 bridgehead atoms. The number of hydrogen-bond acceptors (Lipinski definition) is 6. The average molecular weight is 450 g/mol. The number of nitrogens with zero attached hydrogens (tertiary/aromatic N) is 6. The van der Waals surface area contributed by atoms with Crippen molar-refractivity contribution in [3.05, 3.63) is 73.2 Å². The summed E-state index contributed by atoms with van der Waals surface area (Å²) < 4.78 is 13.4. The van der Waals surface area contributed by atoms with Crippen molar-refractivity contribution in [1.29, 1.82) is 0 Å². The lowest BCUT2D eigenvalue weighted by atomic mass is 10.1. The molecule has 0 fully saturated rings. The Labute approximate surface area is 193 Å². The minimum atomic E-state index is -0.288. The van der Waals surface area contributed by atoms with E-state index in [2.05, 4.69) is 36.2 Å². The summed E-state index contributed by atoms with van der Waals surface area (Å²) in [6.07, 6.45) is 8.89. The Morgan fingerprint density at radius 1 is 0.853 bits per heavy atom. The van der Waals surface area contributed by atoms with Gasteiger partial charge in [0.25, 0.3) is 0 Å². The van der Waals surface area contributed by atoms with E-state index >= 15 is 0 Å². The maximum Gasteiger partial charge on any atom is 0.159 e. The normalized spacial score (nSPS) is 11.4. The molecule has 6 aromatic rings. The third-order valence-electron chi connectivity index (χ3n) is 5.76. The standard InChI is InChI=1S/C25H19FN8/c1-34(2)18-7-15(9-27-11-18)16-8-19-23(32-33-24(19)29-10-16)25-30-21-13-28-12-20(22(21)31-25)14-3-5-17(26)6-4-14/h3-13H,1-2H3,(H,30,31)(H,29,32,33). The Hall–Kier alpha value is -4.66. The summed E-state index contributed by atoms with van der Waals surface area (Å²) in [6.45, 7) is 0. The topological polar surface area (TPSA) is 99.3 Å². The van der Waals surface area contributed by atoms with Crippen molar-refractivity contribution < 1.29 is 4.39 Å². The summed E-state index contributed by atoms with van der Waals surface area (Å²) in [5.41, 5.74) is 7.35. The Balaban J connectivity index is 1.47. The van der Waals surface area contributed by atoms with E-state index < -0.39 is 0 Å². The van der Waals surface area contributed by atoms with Crippen molar-refractivity contribution in [3.8, 4) is 33.8 Å². The molecule has 166 valence electrons. The highest BCUT2D eigenvalue weighted by Gasteiger charge is 2.17. The minimum Gasteiger partial charge on any atom is -0.376 e. The summed E-state index contributed by atoms with van der Waals surface area (Å²) in [4.78, 5) is 23.4. The van der Waals surface area contributed by atoms with Crippen LogP contribution in [0.1, 0.15) is 0 Å². The molecule has 34 heavy (non-hydrogen) atoms. The zero-order chi connectivity index (χ0) is 23.2. The lowest BCUT2D eigenvalue weighted by Crippen LogP contribution is -2.08. The number of fused-ring (bicyclic) bond motifs is 2. The van der Waals surface area contributed by atoms with Crippen molar-refractivity contribution in [3.63, 3.8) is 0 Å². The van der Waals surface area contributed by atoms with Crippen LogP contribution in [0.25, 0.3) is 55.8 Å². The number of aromatic amines is 2. The monoisotopic (exact) mass is 450 g/mol. The van der Waals surface area contributed by atoms with E-state index in [1.54, 1.807) is 30.7 Å². The van der Waals surface area contributed by atoms with Gasteiger partial charge >= 0.3 is 0 Å². The van der Waals surface area contributed by atoms with Crippen LogP contribution in [-0.2, 0) is 0 Å². The van der Waals surface area contributed by atoms with Crippen LogP contribution < -0.4 is 4.90 Å². The van der Waals surface area contributed by atoms with Gasteiger partial charge in [0, 0.05) is 49.4 Å². The molecule has 0 radical (unpaired) electrons. The summed E-state index contributed by atoms with van der Waals surface area (Å²) in [7, 11) is 3.96. The van der Waals surface area contributed by atoms with E-state index in [9.17, 15) is 4.39 Å². The van der Waals surface area contributed by atoms with Gasteiger partial charge in [-0.3, -0.25) is 15.1 Å². The Morgan fingerprint density at radius 3 is 2.47 bits per heavy atom. The first-order valence-corrected chi connectivity index (χ1v) is 10.6. The molecule has 5 heterocycles. The summed E-state index contributed by atoms with van der Waals surface area (Å²) in [6, 6.07) is 10.4. The lowest BCUT2D eigenvalue weighted by Gasteiger charge is -2.12. The number of aromatic nitrogens is 7.